The van der Waals surface area contributed by atoms with Gasteiger partial charge in [-0.25, -0.2) is 9.18 Å². The van der Waals surface area contributed by atoms with E-state index in [1.165, 1.54) is 24.9 Å². The Balaban J connectivity index is 2.40. The van der Waals surface area contributed by atoms with Crippen LogP contribution in [-0.4, -0.2) is 18.7 Å². The quantitative estimate of drug-likeness (QED) is 0.670. The summed E-state index contributed by atoms with van der Waals surface area (Å²) in [4.78, 5) is 12.0. The number of methoxy groups -OCH3 is 1. The van der Waals surface area contributed by atoms with E-state index >= 15 is 0 Å². The first-order valence-electron chi connectivity index (χ1n) is 3.90. The molecule has 0 aliphatic carbocycles. The second-order valence-electron chi connectivity index (χ2n) is 2.69. The molecule has 74 valence electrons. The number of carbonyl (C=O) groups excluding carboxylic acids is 1. The number of hydrogen-bond acceptors (Lipinski definition) is 4. The lowest BCUT2D eigenvalue weighted by molar-refractivity contribution is -0.0368. The molecule has 0 saturated carbocycles. The van der Waals surface area contributed by atoms with Gasteiger partial charge in [-0.05, 0) is 18.2 Å². The van der Waals surface area contributed by atoms with Gasteiger partial charge in [0.05, 0.1) is 5.56 Å². The van der Waals surface area contributed by atoms with Crippen LogP contribution in [0.15, 0.2) is 23.1 Å². The van der Waals surface area contributed by atoms with Gasteiger partial charge >= 0.3 is 5.97 Å². The number of thioether (sulfide) groups is 1. The lowest BCUT2D eigenvalue weighted by atomic mass is 10.2. The maximum atomic E-state index is 12.8. The van der Waals surface area contributed by atoms with Crippen LogP contribution >= 0.6 is 11.8 Å². The van der Waals surface area contributed by atoms with Crippen LogP contribution in [0.1, 0.15) is 10.4 Å². The van der Waals surface area contributed by atoms with Crippen molar-refractivity contribution in [3.05, 3.63) is 29.6 Å². The predicted octanol–water partition coefficient (Wildman–Crippen LogP) is 2.02. The van der Waals surface area contributed by atoms with Crippen molar-refractivity contribution >= 4 is 17.7 Å². The summed E-state index contributed by atoms with van der Waals surface area (Å²) in [5.74, 6) is -0.998. The van der Waals surface area contributed by atoms with Crippen molar-refractivity contribution in [2.24, 2.45) is 0 Å². The number of cyclic esters (lactones) is 1. The molecule has 1 aromatic carbocycles. The average molecular weight is 214 g/mol. The van der Waals surface area contributed by atoms with Crippen LogP contribution in [-0.2, 0) is 9.47 Å². The van der Waals surface area contributed by atoms with E-state index in [4.69, 9.17) is 9.47 Å². The molecule has 0 aromatic heterocycles. The number of carbonyl (C=O) groups is 1. The molecule has 2 rings (SSSR count). The van der Waals surface area contributed by atoms with Gasteiger partial charge in [0.2, 0.25) is 0 Å². The smallest absolute Gasteiger partial charge is 0.342 e. The van der Waals surface area contributed by atoms with E-state index in [1.54, 1.807) is 6.07 Å². The zero-order valence-electron chi connectivity index (χ0n) is 7.32. The van der Waals surface area contributed by atoms with Crippen LogP contribution in [0, 0.1) is 5.82 Å². The first-order valence-corrected chi connectivity index (χ1v) is 4.78. The van der Waals surface area contributed by atoms with Gasteiger partial charge < -0.3 is 9.47 Å². The number of rotatable bonds is 1. The Morgan fingerprint density at radius 2 is 2.36 bits per heavy atom. The summed E-state index contributed by atoms with van der Waals surface area (Å²) < 4.78 is 22.5. The van der Waals surface area contributed by atoms with Crippen LogP contribution in [0.4, 0.5) is 4.39 Å². The summed E-state index contributed by atoms with van der Waals surface area (Å²) in [6.45, 7) is 0. The van der Waals surface area contributed by atoms with Crippen molar-refractivity contribution in [1.29, 1.82) is 0 Å². The third-order valence-corrected chi connectivity index (χ3v) is 2.87. The monoisotopic (exact) mass is 214 g/mol. The molecular formula is C9H7FO3S. The van der Waals surface area contributed by atoms with Crippen molar-refractivity contribution in [3.8, 4) is 0 Å². The van der Waals surface area contributed by atoms with Crippen LogP contribution in [0.3, 0.4) is 0 Å². The maximum absolute atomic E-state index is 12.8. The van der Waals surface area contributed by atoms with E-state index in [0.29, 0.717) is 4.90 Å². The van der Waals surface area contributed by atoms with Crippen LogP contribution in [0.25, 0.3) is 0 Å². The zero-order valence-corrected chi connectivity index (χ0v) is 8.14. The van der Waals surface area contributed by atoms with Gasteiger partial charge in [-0.1, -0.05) is 11.8 Å². The molecule has 1 aliphatic heterocycles. The fourth-order valence-corrected chi connectivity index (χ4v) is 1.99. The first-order chi connectivity index (χ1) is 6.70. The largest absolute Gasteiger partial charge is 0.422 e. The zero-order chi connectivity index (χ0) is 10.1. The van der Waals surface area contributed by atoms with E-state index in [1.807, 2.05) is 0 Å². The molecule has 0 spiro atoms. The Kier molecular flexibility index (Phi) is 2.43. The van der Waals surface area contributed by atoms with Crippen molar-refractivity contribution in [3.63, 3.8) is 0 Å². The summed E-state index contributed by atoms with van der Waals surface area (Å²) in [5, 5.41) is 0. The summed E-state index contributed by atoms with van der Waals surface area (Å²) in [6.07, 6.45) is 0. The van der Waals surface area contributed by atoms with Crippen molar-refractivity contribution < 1.29 is 18.7 Å². The van der Waals surface area contributed by atoms with E-state index < -0.39 is 17.4 Å². The molecule has 0 amide bonds. The molecule has 1 aliphatic rings. The number of esters is 1. The van der Waals surface area contributed by atoms with Crippen molar-refractivity contribution in [2.75, 3.05) is 7.11 Å². The second-order valence-corrected chi connectivity index (χ2v) is 3.75. The lowest BCUT2D eigenvalue weighted by Crippen LogP contribution is -2.22. The number of halogens is 1. The minimum Gasteiger partial charge on any atom is -0.422 e. The van der Waals surface area contributed by atoms with E-state index in [-0.39, 0.29) is 5.56 Å². The summed E-state index contributed by atoms with van der Waals surface area (Å²) in [7, 11) is 1.44. The molecule has 0 fully saturated rings. The highest BCUT2D eigenvalue weighted by Gasteiger charge is 2.27. The second kappa shape index (κ2) is 3.59. The SMILES string of the molecule is COC1OC(=O)c2cc(F)ccc2S1. The minimum absolute atomic E-state index is 0.253. The molecular weight excluding hydrogens is 207 g/mol. The number of hydrogen-bond donors (Lipinski definition) is 0. The lowest BCUT2D eigenvalue weighted by Gasteiger charge is -2.22. The number of benzene rings is 1. The molecule has 1 aromatic rings. The first kappa shape index (κ1) is 9.48. The Hall–Kier alpha value is -1.07. The van der Waals surface area contributed by atoms with Gasteiger partial charge in [0.15, 0.2) is 0 Å². The Morgan fingerprint density at radius 1 is 1.57 bits per heavy atom. The van der Waals surface area contributed by atoms with E-state index in [9.17, 15) is 9.18 Å². The fourth-order valence-electron chi connectivity index (χ4n) is 1.14. The predicted molar refractivity (Wildman–Crippen MR) is 48.5 cm³/mol. The Morgan fingerprint density at radius 3 is 3.07 bits per heavy atom. The van der Waals surface area contributed by atoms with Gasteiger partial charge in [0, 0.05) is 12.0 Å². The summed E-state index contributed by atoms with van der Waals surface area (Å²) >= 11 is 1.24. The van der Waals surface area contributed by atoms with Gasteiger partial charge in [0.25, 0.3) is 5.62 Å². The third-order valence-electron chi connectivity index (χ3n) is 1.78. The van der Waals surface area contributed by atoms with Crippen LogP contribution < -0.4 is 0 Å². The Labute approximate surface area is 84.2 Å². The molecule has 1 unspecified atom stereocenters. The van der Waals surface area contributed by atoms with Crippen LogP contribution in [0.2, 0.25) is 0 Å². The molecule has 0 bridgehead atoms. The maximum Gasteiger partial charge on any atom is 0.342 e. The third kappa shape index (κ3) is 1.60. The highest BCUT2D eigenvalue weighted by atomic mass is 32.2. The normalized spacial score (nSPS) is 20.1. The van der Waals surface area contributed by atoms with Crippen LogP contribution in [0.5, 0.6) is 0 Å². The molecule has 1 heterocycles. The molecule has 0 saturated heterocycles. The van der Waals surface area contributed by atoms with Gasteiger partial charge in [0.1, 0.15) is 5.82 Å². The molecule has 1 atom stereocenters. The number of fused-ring (bicyclic) bond motifs is 1. The average Bonchev–Trinajstić information content (AvgIpc) is 2.19. The summed E-state index contributed by atoms with van der Waals surface area (Å²) in [5.41, 5.74) is -0.385. The molecule has 0 N–H and O–H groups in total. The molecule has 14 heavy (non-hydrogen) atoms. The van der Waals surface area contributed by atoms with E-state index in [2.05, 4.69) is 0 Å². The van der Waals surface area contributed by atoms with Gasteiger partial charge in [-0.3, -0.25) is 0 Å². The molecule has 3 nitrogen and oxygen atoms in total. The molecule has 0 radical (unpaired) electrons. The topological polar surface area (TPSA) is 35.5 Å². The van der Waals surface area contributed by atoms with Gasteiger partial charge in [-0.2, -0.15) is 0 Å². The minimum atomic E-state index is -0.638. The highest BCUT2D eigenvalue weighted by Crippen LogP contribution is 2.33. The fraction of sp³-hybridized carbons (Fsp3) is 0.222. The van der Waals surface area contributed by atoms with Crippen molar-refractivity contribution in [1.82, 2.24) is 0 Å². The standard InChI is InChI=1S/C9H7FO3S/c1-12-9-13-8(11)6-4-5(10)2-3-7(6)14-9/h2-4,9H,1H3. The van der Waals surface area contributed by atoms with Gasteiger partial charge in [-0.15, -0.1) is 0 Å². The molecule has 5 heteroatoms. The van der Waals surface area contributed by atoms with E-state index in [0.717, 1.165) is 6.07 Å². The number of ether oxygens (including phenoxy) is 2. The van der Waals surface area contributed by atoms with Crippen molar-refractivity contribution in [2.45, 2.75) is 10.5 Å². The summed E-state index contributed by atoms with van der Waals surface area (Å²) in [6, 6.07) is 4.01. The highest BCUT2D eigenvalue weighted by molar-refractivity contribution is 7.99. The Bertz CT molecular complexity index is 380.